The fraction of sp³-hybridized carbons (Fsp3) is 0.125. The summed E-state index contributed by atoms with van der Waals surface area (Å²) in [6.45, 7) is 0. The van der Waals surface area contributed by atoms with E-state index in [0.717, 1.165) is 18.2 Å². The molecule has 75 valence electrons. The number of aromatic carboxylic acids is 1. The topological polar surface area (TPSA) is 46.5 Å². The summed E-state index contributed by atoms with van der Waals surface area (Å²) < 4.78 is 38.8. The van der Waals surface area contributed by atoms with E-state index in [4.69, 9.17) is 5.11 Å². The number of carbonyl (C=O) groups is 1. The normalized spacial score (nSPS) is 11.1. The summed E-state index contributed by atoms with van der Waals surface area (Å²) in [5.74, 6) is -2.25. The molecule has 0 atom stereocenters. The first kappa shape index (κ1) is 10.4. The van der Waals surface area contributed by atoms with Crippen LogP contribution in [-0.4, -0.2) is 17.4 Å². The molecule has 0 spiro atoms. The minimum absolute atomic E-state index is 0.579. The van der Waals surface area contributed by atoms with Crippen LogP contribution in [0.25, 0.3) is 0 Å². The maximum absolute atomic E-state index is 11.8. The molecule has 0 aliphatic carbocycles. The molecule has 1 radical (unpaired) electrons. The van der Waals surface area contributed by atoms with Gasteiger partial charge in [-0.15, -0.1) is 13.2 Å². The molecule has 0 aliphatic heterocycles. The highest BCUT2D eigenvalue weighted by Crippen LogP contribution is 2.25. The SMILES string of the molecule is O=C(O)c1c[c]ccc1OC(F)(F)F. The Morgan fingerprint density at radius 3 is 2.64 bits per heavy atom. The van der Waals surface area contributed by atoms with Gasteiger partial charge in [-0.3, -0.25) is 0 Å². The zero-order chi connectivity index (χ0) is 10.8. The summed E-state index contributed by atoms with van der Waals surface area (Å²) in [4.78, 5) is 10.4. The molecule has 0 saturated heterocycles. The predicted octanol–water partition coefficient (Wildman–Crippen LogP) is 2.08. The molecule has 1 aromatic rings. The highest BCUT2D eigenvalue weighted by Gasteiger charge is 2.32. The Labute approximate surface area is 76.7 Å². The van der Waals surface area contributed by atoms with Crippen molar-refractivity contribution in [3.8, 4) is 5.75 Å². The molecule has 1 aromatic carbocycles. The number of alkyl halides is 3. The molecule has 0 amide bonds. The fourth-order valence-corrected chi connectivity index (χ4v) is 0.797. The number of rotatable bonds is 2. The lowest BCUT2D eigenvalue weighted by molar-refractivity contribution is -0.274. The van der Waals surface area contributed by atoms with Crippen LogP contribution in [0.1, 0.15) is 10.4 Å². The lowest BCUT2D eigenvalue weighted by atomic mass is 10.2. The smallest absolute Gasteiger partial charge is 0.478 e. The van der Waals surface area contributed by atoms with E-state index in [1.165, 1.54) is 0 Å². The zero-order valence-electron chi connectivity index (χ0n) is 6.63. The molecule has 0 bridgehead atoms. The minimum Gasteiger partial charge on any atom is -0.478 e. The molecule has 0 unspecified atom stereocenters. The standard InChI is InChI=1S/C8H4F3O3/c9-8(10,11)14-6-4-2-1-3-5(6)7(12)13/h2-4H,(H,12,13). The lowest BCUT2D eigenvalue weighted by Gasteiger charge is -2.10. The van der Waals surface area contributed by atoms with E-state index in [9.17, 15) is 18.0 Å². The van der Waals surface area contributed by atoms with E-state index < -0.39 is 23.6 Å². The molecular formula is C8H4F3O3. The second-order valence-corrected chi connectivity index (χ2v) is 2.28. The molecular weight excluding hydrogens is 201 g/mol. The van der Waals surface area contributed by atoms with Crippen molar-refractivity contribution >= 4 is 5.97 Å². The first-order valence-electron chi connectivity index (χ1n) is 3.39. The Kier molecular flexibility index (Phi) is 2.64. The molecule has 1 rings (SSSR count). The second kappa shape index (κ2) is 3.57. The van der Waals surface area contributed by atoms with Gasteiger partial charge in [0.25, 0.3) is 0 Å². The minimum atomic E-state index is -4.90. The molecule has 0 saturated carbocycles. The van der Waals surface area contributed by atoms with Crippen molar-refractivity contribution in [3.63, 3.8) is 0 Å². The van der Waals surface area contributed by atoms with Crippen LogP contribution in [0.15, 0.2) is 18.2 Å². The number of hydrogen-bond donors (Lipinski definition) is 1. The van der Waals surface area contributed by atoms with Gasteiger partial charge >= 0.3 is 12.3 Å². The van der Waals surface area contributed by atoms with Crippen molar-refractivity contribution in [1.29, 1.82) is 0 Å². The molecule has 3 nitrogen and oxygen atoms in total. The van der Waals surface area contributed by atoms with Crippen molar-refractivity contribution in [2.45, 2.75) is 6.36 Å². The van der Waals surface area contributed by atoms with E-state index in [-0.39, 0.29) is 0 Å². The number of halogens is 3. The molecule has 1 N–H and O–H groups in total. The molecule has 6 heteroatoms. The Balaban J connectivity index is 3.02. The van der Waals surface area contributed by atoms with Crippen molar-refractivity contribution in [3.05, 3.63) is 29.8 Å². The third-order valence-corrected chi connectivity index (χ3v) is 1.28. The summed E-state index contributed by atoms with van der Waals surface area (Å²) >= 11 is 0. The van der Waals surface area contributed by atoms with Crippen LogP contribution in [0.3, 0.4) is 0 Å². The van der Waals surface area contributed by atoms with Gasteiger partial charge in [0.05, 0.1) is 0 Å². The molecule has 0 aliphatic rings. The van der Waals surface area contributed by atoms with Gasteiger partial charge in [0.2, 0.25) is 0 Å². The van der Waals surface area contributed by atoms with E-state index in [1.807, 2.05) is 0 Å². The maximum atomic E-state index is 11.8. The average Bonchev–Trinajstić information content (AvgIpc) is 2.01. The monoisotopic (exact) mass is 205 g/mol. The van der Waals surface area contributed by atoms with Crippen molar-refractivity contribution in [1.82, 2.24) is 0 Å². The number of hydrogen-bond acceptors (Lipinski definition) is 2. The molecule has 0 fully saturated rings. The van der Waals surface area contributed by atoms with Crippen LogP contribution in [0.2, 0.25) is 0 Å². The average molecular weight is 205 g/mol. The number of ether oxygens (including phenoxy) is 1. The summed E-state index contributed by atoms with van der Waals surface area (Å²) in [5.41, 5.74) is -0.579. The number of carboxylic acid groups (broad SMARTS) is 1. The predicted molar refractivity (Wildman–Crippen MR) is 38.9 cm³/mol. The fourth-order valence-electron chi connectivity index (χ4n) is 0.797. The number of benzene rings is 1. The maximum Gasteiger partial charge on any atom is 0.573 e. The first-order chi connectivity index (χ1) is 6.40. The van der Waals surface area contributed by atoms with Crippen LogP contribution in [0, 0.1) is 6.07 Å². The Hall–Kier alpha value is -1.72. The summed E-state index contributed by atoms with van der Waals surface area (Å²) in [7, 11) is 0. The van der Waals surface area contributed by atoms with Gasteiger partial charge in [-0.1, -0.05) is 6.07 Å². The van der Waals surface area contributed by atoms with E-state index >= 15 is 0 Å². The largest absolute Gasteiger partial charge is 0.573 e. The van der Waals surface area contributed by atoms with E-state index in [1.54, 1.807) is 0 Å². The second-order valence-electron chi connectivity index (χ2n) is 2.28. The van der Waals surface area contributed by atoms with Crippen LogP contribution in [0.5, 0.6) is 5.75 Å². The highest BCUT2D eigenvalue weighted by atomic mass is 19.4. The van der Waals surface area contributed by atoms with Gasteiger partial charge in [0.15, 0.2) is 0 Å². The lowest BCUT2D eigenvalue weighted by Crippen LogP contribution is -2.18. The van der Waals surface area contributed by atoms with Gasteiger partial charge in [-0.25, -0.2) is 4.79 Å². The molecule has 0 heterocycles. The first-order valence-corrected chi connectivity index (χ1v) is 3.39. The van der Waals surface area contributed by atoms with Gasteiger partial charge < -0.3 is 9.84 Å². The van der Waals surface area contributed by atoms with Crippen LogP contribution >= 0.6 is 0 Å². The van der Waals surface area contributed by atoms with Crippen LogP contribution in [0.4, 0.5) is 13.2 Å². The third kappa shape index (κ3) is 2.65. The van der Waals surface area contributed by atoms with Gasteiger partial charge in [0.1, 0.15) is 11.3 Å². The summed E-state index contributed by atoms with van der Waals surface area (Å²) in [6, 6.07) is 5.26. The van der Waals surface area contributed by atoms with Gasteiger partial charge in [-0.2, -0.15) is 0 Å². The van der Waals surface area contributed by atoms with Crippen molar-refractivity contribution in [2.75, 3.05) is 0 Å². The van der Waals surface area contributed by atoms with Gasteiger partial charge in [-0.05, 0) is 18.2 Å². The third-order valence-electron chi connectivity index (χ3n) is 1.28. The highest BCUT2D eigenvalue weighted by molar-refractivity contribution is 5.90. The summed E-state index contributed by atoms with van der Waals surface area (Å²) in [6.07, 6.45) is -4.90. The van der Waals surface area contributed by atoms with Crippen LogP contribution in [-0.2, 0) is 0 Å². The summed E-state index contributed by atoms with van der Waals surface area (Å²) in [5, 5.41) is 8.50. The van der Waals surface area contributed by atoms with Gasteiger partial charge in [0, 0.05) is 0 Å². The Morgan fingerprint density at radius 1 is 1.50 bits per heavy atom. The van der Waals surface area contributed by atoms with Crippen molar-refractivity contribution < 1.29 is 27.8 Å². The molecule has 14 heavy (non-hydrogen) atoms. The van der Waals surface area contributed by atoms with Crippen LogP contribution < -0.4 is 4.74 Å². The Bertz CT molecular complexity index is 346. The quantitative estimate of drug-likeness (QED) is 0.803. The zero-order valence-corrected chi connectivity index (χ0v) is 6.63. The Morgan fingerprint density at radius 2 is 2.14 bits per heavy atom. The van der Waals surface area contributed by atoms with E-state index in [2.05, 4.69) is 10.8 Å². The molecule has 0 aromatic heterocycles. The van der Waals surface area contributed by atoms with Crippen molar-refractivity contribution in [2.24, 2.45) is 0 Å². The van der Waals surface area contributed by atoms with E-state index in [0.29, 0.717) is 0 Å². The number of carboxylic acids is 1.